The van der Waals surface area contributed by atoms with Gasteiger partial charge in [-0.2, -0.15) is 0 Å². The first kappa shape index (κ1) is 10.5. The highest BCUT2D eigenvalue weighted by molar-refractivity contribution is 5.66. The fraction of sp³-hybridized carbons (Fsp3) is 0.400. The number of rotatable bonds is 3. The van der Waals surface area contributed by atoms with Crippen molar-refractivity contribution in [3.05, 3.63) is 33.4 Å². The van der Waals surface area contributed by atoms with Gasteiger partial charge in [-0.15, -0.1) is 0 Å². The van der Waals surface area contributed by atoms with E-state index in [4.69, 9.17) is 4.42 Å². The van der Waals surface area contributed by atoms with Crippen LogP contribution in [0.4, 0.5) is 0 Å². The first-order valence-corrected chi connectivity index (χ1v) is 4.37. The second-order valence-corrected chi connectivity index (χ2v) is 3.06. The third-order valence-corrected chi connectivity index (χ3v) is 2.00. The van der Waals surface area contributed by atoms with Crippen molar-refractivity contribution in [1.82, 2.24) is 0 Å². The zero-order valence-electron chi connectivity index (χ0n) is 8.12. The van der Waals surface area contributed by atoms with Gasteiger partial charge in [-0.25, -0.2) is 4.79 Å². The summed E-state index contributed by atoms with van der Waals surface area (Å²) in [5.74, 6) is -1.11. The maximum atomic E-state index is 11.3. The lowest BCUT2D eigenvalue weighted by Crippen LogP contribution is -2.25. The van der Waals surface area contributed by atoms with Crippen LogP contribution in [0.15, 0.2) is 15.3 Å². The lowest BCUT2D eigenvalue weighted by Gasteiger charge is -2.05. The first-order valence-electron chi connectivity index (χ1n) is 4.37. The Morgan fingerprint density at radius 3 is 2.64 bits per heavy atom. The van der Waals surface area contributed by atoms with Gasteiger partial charge in [0.25, 0.3) is 0 Å². The van der Waals surface area contributed by atoms with Crippen molar-refractivity contribution in [2.45, 2.75) is 26.7 Å². The van der Waals surface area contributed by atoms with Gasteiger partial charge in [0, 0.05) is 18.0 Å². The summed E-state index contributed by atoms with van der Waals surface area (Å²) in [5, 5.41) is 10.3. The normalized spacial score (nSPS) is 10.1. The largest absolute Gasteiger partial charge is 0.550 e. The first-order chi connectivity index (χ1) is 6.54. The predicted molar refractivity (Wildman–Crippen MR) is 47.8 cm³/mol. The molecule has 4 heteroatoms. The minimum Gasteiger partial charge on any atom is -0.550 e. The number of aliphatic carboxylic acids is 1. The Hall–Kier alpha value is -1.58. The van der Waals surface area contributed by atoms with Crippen LogP contribution in [0, 0.1) is 6.92 Å². The van der Waals surface area contributed by atoms with Crippen LogP contribution in [0.25, 0.3) is 0 Å². The smallest absolute Gasteiger partial charge is 0.339 e. The monoisotopic (exact) mass is 195 g/mol. The molecule has 1 aromatic heterocycles. The highest BCUT2D eigenvalue weighted by Gasteiger charge is 2.06. The van der Waals surface area contributed by atoms with Gasteiger partial charge in [0.05, 0.1) is 0 Å². The summed E-state index contributed by atoms with van der Waals surface area (Å²) < 4.78 is 4.81. The summed E-state index contributed by atoms with van der Waals surface area (Å²) in [4.78, 5) is 21.6. The molecule has 1 rings (SSSR count). The van der Waals surface area contributed by atoms with Gasteiger partial charge in [0.15, 0.2) is 0 Å². The van der Waals surface area contributed by atoms with Gasteiger partial charge in [0.1, 0.15) is 5.76 Å². The SMILES string of the molecule is CCc1c(C)cc(CC(=O)[O-])oc1=O. The van der Waals surface area contributed by atoms with E-state index in [-0.39, 0.29) is 12.2 Å². The van der Waals surface area contributed by atoms with E-state index >= 15 is 0 Å². The lowest BCUT2D eigenvalue weighted by molar-refractivity contribution is -0.305. The molecular formula is C10H11O4-. The third kappa shape index (κ3) is 2.22. The van der Waals surface area contributed by atoms with E-state index in [1.165, 1.54) is 0 Å². The minimum atomic E-state index is -1.25. The molecule has 0 aliphatic heterocycles. The van der Waals surface area contributed by atoms with E-state index in [0.29, 0.717) is 12.0 Å². The van der Waals surface area contributed by atoms with Crippen LogP contribution < -0.4 is 10.7 Å². The summed E-state index contributed by atoms with van der Waals surface area (Å²) in [6.45, 7) is 3.60. The molecule has 0 fully saturated rings. The molecule has 76 valence electrons. The highest BCUT2D eigenvalue weighted by Crippen LogP contribution is 2.07. The number of hydrogen-bond acceptors (Lipinski definition) is 4. The molecule has 0 bridgehead atoms. The van der Waals surface area contributed by atoms with Crippen molar-refractivity contribution in [2.75, 3.05) is 0 Å². The van der Waals surface area contributed by atoms with E-state index in [9.17, 15) is 14.7 Å². The fourth-order valence-electron chi connectivity index (χ4n) is 1.35. The Bertz CT molecular complexity index is 403. The second kappa shape index (κ2) is 4.09. The maximum Gasteiger partial charge on any atom is 0.339 e. The molecule has 14 heavy (non-hydrogen) atoms. The van der Waals surface area contributed by atoms with Crippen LogP contribution in [0.2, 0.25) is 0 Å². The predicted octanol–water partition coefficient (Wildman–Crippen LogP) is -0.197. The number of carbonyl (C=O) groups is 1. The molecule has 1 heterocycles. The van der Waals surface area contributed by atoms with E-state index in [2.05, 4.69) is 0 Å². The Balaban J connectivity index is 3.14. The molecule has 0 saturated heterocycles. The van der Waals surface area contributed by atoms with Crippen LogP contribution in [0.1, 0.15) is 23.8 Å². The van der Waals surface area contributed by atoms with E-state index in [1.807, 2.05) is 6.92 Å². The van der Waals surface area contributed by atoms with Crippen LogP contribution in [-0.2, 0) is 17.6 Å². The standard InChI is InChI=1S/C10H12O4/c1-3-8-6(2)4-7(5-9(11)12)14-10(8)13/h4H,3,5H2,1-2H3,(H,11,12)/p-1. The molecule has 0 N–H and O–H groups in total. The van der Waals surface area contributed by atoms with Gasteiger partial charge in [0.2, 0.25) is 0 Å². The maximum absolute atomic E-state index is 11.3. The summed E-state index contributed by atoms with van der Waals surface area (Å²) >= 11 is 0. The molecule has 0 radical (unpaired) electrons. The Morgan fingerprint density at radius 2 is 2.21 bits per heavy atom. The van der Waals surface area contributed by atoms with E-state index in [0.717, 1.165) is 5.56 Å². The number of carboxylic acids is 1. The molecule has 1 aromatic rings. The van der Waals surface area contributed by atoms with Crippen LogP contribution in [0.3, 0.4) is 0 Å². The minimum absolute atomic E-state index is 0.143. The molecule has 0 aliphatic carbocycles. The Labute approximate surface area is 81.2 Å². The molecular weight excluding hydrogens is 184 g/mol. The Morgan fingerprint density at radius 1 is 1.57 bits per heavy atom. The van der Waals surface area contributed by atoms with Crippen molar-refractivity contribution >= 4 is 5.97 Å². The lowest BCUT2D eigenvalue weighted by atomic mass is 10.1. The number of carbonyl (C=O) groups excluding carboxylic acids is 1. The quantitative estimate of drug-likeness (QED) is 0.669. The van der Waals surface area contributed by atoms with Crippen molar-refractivity contribution in [2.24, 2.45) is 0 Å². The zero-order valence-corrected chi connectivity index (χ0v) is 8.12. The summed E-state index contributed by atoms with van der Waals surface area (Å²) in [5.41, 5.74) is 0.899. The van der Waals surface area contributed by atoms with Gasteiger partial charge >= 0.3 is 5.63 Å². The molecule has 0 amide bonds. The molecule has 4 nitrogen and oxygen atoms in total. The van der Waals surface area contributed by atoms with Gasteiger partial charge in [-0.3, -0.25) is 0 Å². The Kier molecular flexibility index (Phi) is 3.06. The molecule has 0 spiro atoms. The molecule has 0 aromatic carbocycles. The highest BCUT2D eigenvalue weighted by atomic mass is 16.4. The van der Waals surface area contributed by atoms with Crippen LogP contribution in [-0.4, -0.2) is 5.97 Å². The zero-order chi connectivity index (χ0) is 10.7. The second-order valence-electron chi connectivity index (χ2n) is 3.06. The van der Waals surface area contributed by atoms with E-state index in [1.54, 1.807) is 13.0 Å². The molecule has 0 atom stereocenters. The van der Waals surface area contributed by atoms with Crippen molar-refractivity contribution < 1.29 is 14.3 Å². The average Bonchev–Trinajstić information content (AvgIpc) is 2.01. The fourth-order valence-corrected chi connectivity index (χ4v) is 1.35. The summed E-state index contributed by atoms with van der Waals surface area (Å²) in [7, 11) is 0. The van der Waals surface area contributed by atoms with Crippen molar-refractivity contribution in [1.29, 1.82) is 0 Å². The number of carboxylic acid groups (broad SMARTS) is 1. The molecule has 0 aliphatic rings. The van der Waals surface area contributed by atoms with E-state index < -0.39 is 11.6 Å². The van der Waals surface area contributed by atoms with Gasteiger partial charge in [-0.05, 0) is 25.0 Å². The molecule has 0 unspecified atom stereocenters. The van der Waals surface area contributed by atoms with Gasteiger partial charge in [-0.1, -0.05) is 6.92 Å². The number of hydrogen-bond donors (Lipinski definition) is 0. The van der Waals surface area contributed by atoms with Crippen LogP contribution >= 0.6 is 0 Å². The summed E-state index contributed by atoms with van der Waals surface area (Å²) in [6.07, 6.45) is 0.222. The average molecular weight is 195 g/mol. The number of aryl methyl sites for hydroxylation is 1. The third-order valence-electron chi connectivity index (χ3n) is 2.00. The molecule has 0 saturated carbocycles. The van der Waals surface area contributed by atoms with Gasteiger partial charge < -0.3 is 14.3 Å². The summed E-state index contributed by atoms with van der Waals surface area (Å²) in [6, 6.07) is 1.57. The van der Waals surface area contributed by atoms with Crippen molar-refractivity contribution in [3.63, 3.8) is 0 Å². The topological polar surface area (TPSA) is 70.3 Å². The van der Waals surface area contributed by atoms with Crippen molar-refractivity contribution in [3.8, 4) is 0 Å². The van der Waals surface area contributed by atoms with Crippen LogP contribution in [0.5, 0.6) is 0 Å².